The number of carbonyl (C=O) groups is 1. The third kappa shape index (κ3) is 12.7. The van der Waals surface area contributed by atoms with Crippen molar-refractivity contribution in [2.45, 2.75) is 65.9 Å². The van der Waals surface area contributed by atoms with Crippen LogP contribution in [0, 0.1) is 5.92 Å². The van der Waals surface area contributed by atoms with Gasteiger partial charge in [0, 0.05) is 6.92 Å². The minimum Gasteiger partial charge on any atom is -0.461 e. The van der Waals surface area contributed by atoms with Crippen LogP contribution in [0.3, 0.4) is 0 Å². The zero-order chi connectivity index (χ0) is 21.5. The Balaban J connectivity index is 4.77. The van der Waals surface area contributed by atoms with E-state index >= 15 is 0 Å². The lowest BCUT2D eigenvalue weighted by atomic mass is 9.95. The Labute approximate surface area is 170 Å². The standard InChI is InChI=1S/C23H38O5/c1-17(2)19(4)14-23(27)18(3)8-6-10-22(16-28-20(5)26)11-7-9-21(15-25)12-13-24/h8,11-12,17,23-25,27H,4,6-7,9-10,13-16H2,1-3,5H3/b18-8+,21-12+,22-11-/t23-/m1/s1. The van der Waals surface area contributed by atoms with Crippen LogP contribution in [0.25, 0.3) is 0 Å². The van der Waals surface area contributed by atoms with Gasteiger partial charge in [-0.2, -0.15) is 0 Å². The summed E-state index contributed by atoms with van der Waals surface area (Å²) in [7, 11) is 0. The van der Waals surface area contributed by atoms with Crippen molar-refractivity contribution in [3.05, 3.63) is 47.1 Å². The van der Waals surface area contributed by atoms with E-state index in [2.05, 4.69) is 20.4 Å². The highest BCUT2D eigenvalue weighted by Gasteiger charge is 2.10. The van der Waals surface area contributed by atoms with Crippen molar-refractivity contribution in [3.63, 3.8) is 0 Å². The van der Waals surface area contributed by atoms with Crippen molar-refractivity contribution in [1.82, 2.24) is 0 Å². The van der Waals surface area contributed by atoms with Gasteiger partial charge in [0.2, 0.25) is 0 Å². The fraction of sp³-hybridized carbons (Fsp3) is 0.609. The molecule has 0 radical (unpaired) electrons. The molecule has 0 aromatic rings. The van der Waals surface area contributed by atoms with Gasteiger partial charge in [-0.05, 0) is 61.7 Å². The van der Waals surface area contributed by atoms with Crippen molar-refractivity contribution in [1.29, 1.82) is 0 Å². The summed E-state index contributed by atoms with van der Waals surface area (Å²) in [6, 6.07) is 0. The van der Waals surface area contributed by atoms with Crippen LogP contribution in [-0.2, 0) is 9.53 Å². The van der Waals surface area contributed by atoms with E-state index < -0.39 is 6.10 Å². The van der Waals surface area contributed by atoms with Crippen LogP contribution in [0.4, 0.5) is 0 Å². The van der Waals surface area contributed by atoms with E-state index in [0.717, 1.165) is 35.1 Å². The van der Waals surface area contributed by atoms with Gasteiger partial charge in [-0.3, -0.25) is 4.79 Å². The molecule has 0 saturated heterocycles. The molecule has 5 heteroatoms. The molecule has 0 aliphatic rings. The number of esters is 1. The second-order valence-electron chi connectivity index (χ2n) is 7.40. The predicted molar refractivity (Wildman–Crippen MR) is 114 cm³/mol. The fourth-order valence-electron chi connectivity index (χ4n) is 2.53. The summed E-state index contributed by atoms with van der Waals surface area (Å²) in [4.78, 5) is 11.1. The molecule has 0 fully saturated rings. The van der Waals surface area contributed by atoms with E-state index in [1.165, 1.54) is 6.92 Å². The number of ether oxygens (including phenoxy) is 1. The van der Waals surface area contributed by atoms with E-state index in [0.29, 0.717) is 25.2 Å². The van der Waals surface area contributed by atoms with Gasteiger partial charge >= 0.3 is 5.97 Å². The Morgan fingerprint density at radius 3 is 2.18 bits per heavy atom. The normalized spacial score (nSPS) is 14.4. The lowest BCUT2D eigenvalue weighted by Gasteiger charge is -2.16. The molecule has 0 bridgehead atoms. The van der Waals surface area contributed by atoms with Crippen LogP contribution in [0.5, 0.6) is 0 Å². The third-order valence-electron chi connectivity index (χ3n) is 4.67. The van der Waals surface area contributed by atoms with Crippen LogP contribution in [-0.4, -0.2) is 47.2 Å². The molecule has 3 N–H and O–H groups in total. The molecule has 28 heavy (non-hydrogen) atoms. The first-order valence-electron chi connectivity index (χ1n) is 9.94. The van der Waals surface area contributed by atoms with E-state index in [4.69, 9.17) is 9.84 Å². The fourth-order valence-corrected chi connectivity index (χ4v) is 2.53. The van der Waals surface area contributed by atoms with E-state index in [-0.39, 0.29) is 25.8 Å². The molecule has 0 amide bonds. The molecule has 0 heterocycles. The minimum atomic E-state index is -0.522. The minimum absolute atomic E-state index is 0.0742. The van der Waals surface area contributed by atoms with Gasteiger partial charge in [-0.15, -0.1) is 0 Å². The molecule has 0 spiro atoms. The maximum absolute atomic E-state index is 11.1. The molecule has 160 valence electrons. The van der Waals surface area contributed by atoms with Gasteiger partial charge in [0.15, 0.2) is 0 Å². The SMILES string of the molecule is C=C(C[C@@H](O)/C(C)=C/CC/C(=C/CC/C(=C\CO)CO)COC(C)=O)C(C)C. The van der Waals surface area contributed by atoms with Crippen LogP contribution in [0.15, 0.2) is 47.1 Å². The van der Waals surface area contributed by atoms with Crippen LogP contribution in [0.2, 0.25) is 0 Å². The van der Waals surface area contributed by atoms with E-state index in [9.17, 15) is 15.0 Å². The summed E-state index contributed by atoms with van der Waals surface area (Å²) >= 11 is 0. The van der Waals surface area contributed by atoms with E-state index in [1.54, 1.807) is 6.08 Å². The maximum Gasteiger partial charge on any atom is 0.302 e. The first kappa shape index (κ1) is 26.3. The van der Waals surface area contributed by atoms with Gasteiger partial charge < -0.3 is 20.1 Å². The summed E-state index contributed by atoms with van der Waals surface area (Å²) in [6.45, 7) is 11.5. The highest BCUT2D eigenvalue weighted by atomic mass is 16.5. The number of hydrogen-bond acceptors (Lipinski definition) is 5. The van der Waals surface area contributed by atoms with Crippen molar-refractivity contribution < 1.29 is 24.9 Å². The first-order chi connectivity index (χ1) is 13.2. The maximum atomic E-state index is 11.1. The van der Waals surface area contributed by atoms with Gasteiger partial charge in [-0.25, -0.2) is 0 Å². The average molecular weight is 395 g/mol. The van der Waals surface area contributed by atoms with Crippen molar-refractivity contribution in [2.75, 3.05) is 19.8 Å². The van der Waals surface area contributed by atoms with Crippen molar-refractivity contribution in [3.8, 4) is 0 Å². The topological polar surface area (TPSA) is 87.0 Å². The molecule has 0 aliphatic heterocycles. The third-order valence-corrected chi connectivity index (χ3v) is 4.67. The zero-order valence-corrected chi connectivity index (χ0v) is 17.9. The highest BCUT2D eigenvalue weighted by molar-refractivity contribution is 5.66. The molecule has 0 rings (SSSR count). The van der Waals surface area contributed by atoms with Crippen molar-refractivity contribution in [2.24, 2.45) is 5.92 Å². The molecular formula is C23H38O5. The average Bonchev–Trinajstić information content (AvgIpc) is 2.64. The Morgan fingerprint density at radius 2 is 1.64 bits per heavy atom. The number of aliphatic hydroxyl groups excluding tert-OH is 3. The van der Waals surface area contributed by atoms with Crippen molar-refractivity contribution >= 4 is 5.97 Å². The Morgan fingerprint density at radius 1 is 1.04 bits per heavy atom. The second kappa shape index (κ2) is 15.3. The molecule has 0 saturated carbocycles. The molecule has 1 atom stereocenters. The Bertz CT molecular complexity index is 570. The molecule has 0 aromatic carbocycles. The lowest BCUT2D eigenvalue weighted by molar-refractivity contribution is -0.140. The monoisotopic (exact) mass is 394 g/mol. The zero-order valence-electron chi connectivity index (χ0n) is 17.9. The molecular weight excluding hydrogens is 356 g/mol. The van der Waals surface area contributed by atoms with Crippen LogP contribution < -0.4 is 0 Å². The molecule has 5 nitrogen and oxygen atoms in total. The number of allylic oxidation sites excluding steroid dienone is 2. The van der Waals surface area contributed by atoms with Gasteiger partial charge in [-0.1, -0.05) is 44.2 Å². The van der Waals surface area contributed by atoms with Gasteiger partial charge in [0.1, 0.15) is 6.61 Å². The second-order valence-corrected chi connectivity index (χ2v) is 7.40. The van der Waals surface area contributed by atoms with E-state index in [1.807, 2.05) is 19.1 Å². The van der Waals surface area contributed by atoms with Gasteiger partial charge in [0.05, 0.1) is 19.3 Å². The van der Waals surface area contributed by atoms with Gasteiger partial charge in [0.25, 0.3) is 0 Å². The smallest absolute Gasteiger partial charge is 0.302 e. The summed E-state index contributed by atoms with van der Waals surface area (Å²) in [5, 5.41) is 28.5. The number of aliphatic hydroxyl groups is 3. The summed E-state index contributed by atoms with van der Waals surface area (Å²) < 4.78 is 5.13. The summed E-state index contributed by atoms with van der Waals surface area (Å²) in [5.74, 6) is 0.0286. The predicted octanol–water partition coefficient (Wildman–Crippen LogP) is 3.86. The largest absolute Gasteiger partial charge is 0.461 e. The Kier molecular flexibility index (Phi) is 14.3. The highest BCUT2D eigenvalue weighted by Crippen LogP contribution is 2.19. The summed E-state index contributed by atoms with van der Waals surface area (Å²) in [6.07, 6.45) is 8.49. The number of hydrogen-bond donors (Lipinski definition) is 3. The first-order valence-corrected chi connectivity index (χ1v) is 9.94. The number of carbonyl (C=O) groups excluding carboxylic acids is 1. The lowest BCUT2D eigenvalue weighted by Crippen LogP contribution is -2.11. The van der Waals surface area contributed by atoms with Crippen LogP contribution >= 0.6 is 0 Å². The van der Waals surface area contributed by atoms with Crippen LogP contribution in [0.1, 0.15) is 59.8 Å². The molecule has 0 unspecified atom stereocenters. The molecule has 0 aliphatic carbocycles. The number of rotatable bonds is 14. The summed E-state index contributed by atoms with van der Waals surface area (Å²) in [5.41, 5.74) is 3.74. The quantitative estimate of drug-likeness (QED) is 0.308. The Hall–Kier alpha value is -1.69. The molecule has 0 aromatic heterocycles.